The van der Waals surface area contributed by atoms with Crippen molar-refractivity contribution in [3.05, 3.63) is 97.2 Å². The van der Waals surface area contributed by atoms with E-state index >= 15 is 0 Å². The molecule has 1 rings (SSSR count). The van der Waals surface area contributed by atoms with Gasteiger partial charge in [0.25, 0.3) is 0 Å². The Kier molecular flexibility index (Phi) is 57.0. The predicted octanol–water partition coefficient (Wildman–Crippen LogP) is 17.8. The number of unbranched alkanes of at least 4 members (excludes halogenated alkanes) is 31. The van der Waals surface area contributed by atoms with Gasteiger partial charge in [-0.05, 0) is 109 Å². The van der Waals surface area contributed by atoms with E-state index < -0.39 is 67.4 Å². The number of allylic oxidation sites excluding steroid dienone is 15. The molecule has 1 aliphatic rings. The van der Waals surface area contributed by atoms with E-state index in [1.165, 1.54) is 141 Å². The number of hydrogen-bond acceptors (Lipinski definition) is 10. The van der Waals surface area contributed by atoms with Crippen molar-refractivity contribution >= 4 is 11.9 Å². The molecule has 0 bridgehead atoms. The number of amides is 1. The van der Waals surface area contributed by atoms with Gasteiger partial charge in [0.05, 0.1) is 25.4 Å². The Balaban J connectivity index is 2.61. The molecule has 1 amide bonds. The van der Waals surface area contributed by atoms with Gasteiger partial charge in [-0.1, -0.05) is 279 Å². The summed E-state index contributed by atoms with van der Waals surface area (Å²) in [6.45, 7) is 5.74. The molecule has 0 aromatic rings. The monoisotopic (exact) mass is 1190 g/mol. The van der Waals surface area contributed by atoms with Crippen LogP contribution in [0.15, 0.2) is 97.2 Å². The van der Waals surface area contributed by atoms with Gasteiger partial charge in [-0.3, -0.25) is 9.59 Å². The zero-order valence-electron chi connectivity index (χ0n) is 54.5. The molecule has 0 aliphatic carbocycles. The molecule has 1 saturated heterocycles. The van der Waals surface area contributed by atoms with E-state index in [-0.39, 0.29) is 19.4 Å². The second-order valence-corrected chi connectivity index (χ2v) is 23.9. The first-order valence-electron chi connectivity index (χ1n) is 35.0. The Morgan fingerprint density at radius 3 is 1.24 bits per heavy atom. The number of aliphatic hydroxyl groups excluding tert-OH is 5. The molecule has 0 saturated carbocycles. The molecule has 1 heterocycles. The van der Waals surface area contributed by atoms with Gasteiger partial charge >= 0.3 is 5.97 Å². The van der Waals surface area contributed by atoms with E-state index in [4.69, 9.17) is 14.2 Å². The minimum Gasteiger partial charge on any atom is -0.454 e. The first-order valence-corrected chi connectivity index (χ1v) is 35.0. The number of aliphatic hydroxyl groups is 5. The third-order valence-corrected chi connectivity index (χ3v) is 16.0. The molecule has 6 N–H and O–H groups in total. The maximum absolute atomic E-state index is 13.5. The summed E-state index contributed by atoms with van der Waals surface area (Å²) in [5.74, 6) is -1.22. The average Bonchev–Trinajstić information content (AvgIpc) is 3.22. The standard InChI is InChI=1S/C74H129NO10/c1-4-7-10-13-16-19-22-25-27-29-30-31-32-33-34-35-36-37-39-40-43-46-49-52-55-58-61-67(78)73(82)75-65(66(77)60-57-54-51-48-45-42-24-21-18-15-12-9-6-3)64-83-74-72(71(81)70(80)68(63-76)84-74)85-69(79)62-59-56-53-50-47-44-41-38-28-26-23-20-17-14-11-8-5-2/h16-17,19-20,25-28,30-31,33-34,41,44,57,60,65-68,70-72,74,76-78,80-81H,4-15,18,21-24,29,32,35-40,42-43,45-56,58-59,61-64H2,1-3H3,(H,75,82)/b19-16-,20-17-,27-25-,28-26-,31-30-,34-33-,44-41-,60-57+. The van der Waals surface area contributed by atoms with Crippen molar-refractivity contribution in [2.24, 2.45) is 0 Å². The number of ether oxygens (including phenoxy) is 3. The summed E-state index contributed by atoms with van der Waals surface area (Å²) in [7, 11) is 0. The topological polar surface area (TPSA) is 175 Å². The molecule has 8 atom stereocenters. The predicted molar refractivity (Wildman–Crippen MR) is 356 cm³/mol. The Bertz CT molecular complexity index is 1750. The van der Waals surface area contributed by atoms with Crippen LogP contribution >= 0.6 is 0 Å². The maximum atomic E-state index is 13.5. The fourth-order valence-electron chi connectivity index (χ4n) is 10.4. The molecule has 11 nitrogen and oxygen atoms in total. The van der Waals surface area contributed by atoms with Crippen molar-refractivity contribution in [2.45, 2.75) is 346 Å². The van der Waals surface area contributed by atoms with E-state index in [2.05, 4.69) is 111 Å². The molecule has 11 heteroatoms. The number of nitrogens with one attached hydrogen (secondary N) is 1. The highest BCUT2D eigenvalue weighted by atomic mass is 16.7. The van der Waals surface area contributed by atoms with Crippen LogP contribution in [0, 0.1) is 0 Å². The molecule has 1 fully saturated rings. The van der Waals surface area contributed by atoms with Crippen LogP contribution in [-0.4, -0.2) is 99.6 Å². The van der Waals surface area contributed by atoms with Crippen LogP contribution < -0.4 is 5.32 Å². The van der Waals surface area contributed by atoms with Gasteiger partial charge in [-0.2, -0.15) is 0 Å². The van der Waals surface area contributed by atoms with Gasteiger partial charge in [0.1, 0.15) is 24.4 Å². The summed E-state index contributed by atoms with van der Waals surface area (Å²) >= 11 is 0. The summed E-state index contributed by atoms with van der Waals surface area (Å²) in [4.78, 5) is 26.7. The van der Waals surface area contributed by atoms with Gasteiger partial charge in [-0.25, -0.2) is 0 Å². The third kappa shape index (κ3) is 48.2. The van der Waals surface area contributed by atoms with Gasteiger partial charge in [0.2, 0.25) is 5.91 Å². The molecule has 0 aromatic heterocycles. The Morgan fingerprint density at radius 2 is 0.812 bits per heavy atom. The summed E-state index contributed by atoms with van der Waals surface area (Å²) < 4.78 is 17.7. The van der Waals surface area contributed by atoms with Crippen molar-refractivity contribution in [3.8, 4) is 0 Å². The number of carbonyl (C=O) groups excluding carboxylic acids is 2. The van der Waals surface area contributed by atoms with Crippen LogP contribution in [0.3, 0.4) is 0 Å². The van der Waals surface area contributed by atoms with Crippen molar-refractivity contribution in [3.63, 3.8) is 0 Å². The Labute approximate surface area is 520 Å². The second kappa shape index (κ2) is 60.8. The quantitative estimate of drug-likeness (QED) is 0.0195. The van der Waals surface area contributed by atoms with Crippen LogP contribution in [0.2, 0.25) is 0 Å². The Morgan fingerprint density at radius 1 is 0.459 bits per heavy atom. The molecule has 0 radical (unpaired) electrons. The number of carbonyl (C=O) groups is 2. The zero-order valence-corrected chi connectivity index (χ0v) is 54.5. The van der Waals surface area contributed by atoms with E-state index in [0.717, 1.165) is 109 Å². The molecule has 1 aliphatic heterocycles. The maximum Gasteiger partial charge on any atom is 0.306 e. The largest absolute Gasteiger partial charge is 0.454 e. The molecule has 0 aromatic carbocycles. The van der Waals surface area contributed by atoms with Crippen LogP contribution in [0.5, 0.6) is 0 Å². The molecule has 490 valence electrons. The number of hydrogen-bond donors (Lipinski definition) is 6. The van der Waals surface area contributed by atoms with Crippen molar-refractivity contribution in [1.82, 2.24) is 5.32 Å². The van der Waals surface area contributed by atoms with E-state index in [9.17, 15) is 35.1 Å². The third-order valence-electron chi connectivity index (χ3n) is 16.0. The lowest BCUT2D eigenvalue weighted by Crippen LogP contribution is -2.61. The SMILES string of the molecule is CCCCC/C=C\C/C=C\C/C=C\C/C=C\CCCCCCCCCCCCC(O)C(=O)NC(COC1OC(CO)C(O)C(O)C1OC(=O)CCCCCC/C=C\C/C=C\C/C=C\CCCCC)C(O)/C=C/CCCCCCCCCCCCC. The van der Waals surface area contributed by atoms with Crippen molar-refractivity contribution < 1.29 is 49.3 Å². The summed E-state index contributed by atoms with van der Waals surface area (Å²) in [6.07, 6.45) is 71.5. The minimum atomic E-state index is -1.63. The van der Waals surface area contributed by atoms with Crippen LogP contribution in [-0.2, 0) is 23.8 Å². The first kappa shape index (κ1) is 79.6. The first-order chi connectivity index (χ1) is 41.7. The fourth-order valence-corrected chi connectivity index (χ4v) is 10.4. The van der Waals surface area contributed by atoms with Crippen LogP contribution in [0.25, 0.3) is 0 Å². The lowest BCUT2D eigenvalue weighted by molar-refractivity contribution is -0.305. The van der Waals surface area contributed by atoms with Crippen molar-refractivity contribution in [2.75, 3.05) is 13.2 Å². The smallest absolute Gasteiger partial charge is 0.306 e. The fraction of sp³-hybridized carbons (Fsp3) is 0.757. The van der Waals surface area contributed by atoms with E-state index in [1.807, 2.05) is 6.08 Å². The Hall–Kier alpha value is -3.42. The molecular weight excluding hydrogens is 1060 g/mol. The second-order valence-electron chi connectivity index (χ2n) is 23.9. The van der Waals surface area contributed by atoms with Crippen molar-refractivity contribution in [1.29, 1.82) is 0 Å². The highest BCUT2D eigenvalue weighted by Gasteiger charge is 2.47. The van der Waals surface area contributed by atoms with Crippen LogP contribution in [0.1, 0.15) is 297 Å². The van der Waals surface area contributed by atoms with Crippen LogP contribution in [0.4, 0.5) is 0 Å². The van der Waals surface area contributed by atoms with E-state index in [0.29, 0.717) is 12.8 Å². The van der Waals surface area contributed by atoms with Gasteiger partial charge in [-0.15, -0.1) is 0 Å². The van der Waals surface area contributed by atoms with E-state index in [1.54, 1.807) is 6.08 Å². The lowest BCUT2D eigenvalue weighted by atomic mass is 9.99. The molecule has 0 spiro atoms. The van der Waals surface area contributed by atoms with Gasteiger partial charge in [0.15, 0.2) is 12.4 Å². The average molecular weight is 1190 g/mol. The van der Waals surface area contributed by atoms with Gasteiger partial charge in [0, 0.05) is 6.42 Å². The summed E-state index contributed by atoms with van der Waals surface area (Å²) in [6, 6.07) is -1.04. The number of rotatable bonds is 59. The molecule has 85 heavy (non-hydrogen) atoms. The summed E-state index contributed by atoms with van der Waals surface area (Å²) in [5.41, 5.74) is 0. The molecule has 8 unspecified atom stereocenters. The normalized spacial score (nSPS) is 19.0. The highest BCUT2D eigenvalue weighted by Crippen LogP contribution is 2.26. The number of esters is 1. The lowest BCUT2D eigenvalue weighted by Gasteiger charge is -2.41. The van der Waals surface area contributed by atoms with Gasteiger partial charge < -0.3 is 45.1 Å². The zero-order chi connectivity index (χ0) is 61.7. The summed E-state index contributed by atoms with van der Waals surface area (Å²) in [5, 5.41) is 57.2. The molecular formula is C74H129NO10. The highest BCUT2D eigenvalue weighted by molar-refractivity contribution is 5.80. The minimum absolute atomic E-state index is 0.0943.